The van der Waals surface area contributed by atoms with Crippen LogP contribution in [0.4, 0.5) is 0 Å². The van der Waals surface area contributed by atoms with Crippen LogP contribution in [0.25, 0.3) is 42.6 Å². The Hall–Kier alpha value is -2.89. The summed E-state index contributed by atoms with van der Waals surface area (Å²) >= 11 is 1.92. The van der Waals surface area contributed by atoms with Gasteiger partial charge in [0.2, 0.25) is 0 Å². The van der Waals surface area contributed by atoms with Gasteiger partial charge in [-0.2, -0.15) is 0 Å². The molecule has 3 aromatic carbocycles. The van der Waals surface area contributed by atoms with Crippen molar-refractivity contribution in [3.8, 4) is 21.7 Å². The van der Waals surface area contributed by atoms with Gasteiger partial charge in [0.15, 0.2) is 5.78 Å². The minimum absolute atomic E-state index is 0. The number of pyridine rings is 1. The third-order valence-electron chi connectivity index (χ3n) is 10.2. The molecule has 0 saturated heterocycles. The predicted molar refractivity (Wildman–Crippen MR) is 236 cm³/mol. The molecule has 0 aliphatic heterocycles. The van der Waals surface area contributed by atoms with Crippen molar-refractivity contribution in [1.29, 1.82) is 0 Å². The molecule has 2 heterocycles. The van der Waals surface area contributed by atoms with Gasteiger partial charge in [0, 0.05) is 59.5 Å². The van der Waals surface area contributed by atoms with Crippen molar-refractivity contribution in [3.05, 3.63) is 95.9 Å². The van der Waals surface area contributed by atoms with Crippen molar-refractivity contribution in [2.75, 3.05) is 0 Å². The van der Waals surface area contributed by atoms with Crippen LogP contribution in [-0.2, 0) is 36.7 Å². The van der Waals surface area contributed by atoms with Gasteiger partial charge in [-0.1, -0.05) is 142 Å². The fraction of sp³-hybridized carbons (Fsp3) is 0.458. The maximum absolute atomic E-state index is 11.7. The Balaban J connectivity index is 0.000000418. The van der Waals surface area contributed by atoms with Gasteiger partial charge in [-0.15, -0.1) is 40.5 Å². The number of hydrogen-bond donors (Lipinski definition) is 1. The summed E-state index contributed by atoms with van der Waals surface area (Å²) in [5, 5.41) is 15.1. The average Bonchev–Trinajstić information content (AvgIpc) is 3.49. The second-order valence-corrected chi connectivity index (χ2v) is 23.9. The first-order chi connectivity index (χ1) is 24.8. The normalized spacial score (nSPS) is 12.6. The summed E-state index contributed by atoms with van der Waals surface area (Å²) in [5.74, 6) is 0.547. The molecule has 0 unspecified atom stereocenters. The largest absolute Gasteiger partial charge is 0.512 e. The third-order valence-corrected chi connectivity index (χ3v) is 13.7. The van der Waals surface area contributed by atoms with Gasteiger partial charge in [0.1, 0.15) is 0 Å². The number of ketones is 1. The van der Waals surface area contributed by atoms with E-state index in [1.54, 1.807) is 5.19 Å². The topological polar surface area (TPSA) is 50.2 Å². The number of fused-ring (bicyclic) bond motifs is 2. The molecule has 5 rings (SSSR count). The first-order valence-corrected chi connectivity index (χ1v) is 24.1. The molecular formula is C48H64IrNO2SSi-. The molecule has 1 radical (unpaired) electrons. The average molecular weight is 939 g/mol. The number of allylic oxidation sites excluding steroid dienone is 2. The summed E-state index contributed by atoms with van der Waals surface area (Å²) in [6.45, 7) is 29.3. The van der Waals surface area contributed by atoms with Crippen LogP contribution in [0, 0.1) is 23.3 Å². The van der Waals surface area contributed by atoms with E-state index in [9.17, 15) is 9.90 Å². The van der Waals surface area contributed by atoms with Gasteiger partial charge in [0.05, 0.1) is 13.8 Å². The van der Waals surface area contributed by atoms with Crippen molar-refractivity contribution in [1.82, 2.24) is 4.98 Å². The molecule has 5 aromatic rings. The Kier molecular flexibility index (Phi) is 15.9. The Morgan fingerprint density at radius 2 is 1.44 bits per heavy atom. The molecule has 6 heteroatoms. The number of carbonyl (C=O) groups is 1. The van der Waals surface area contributed by atoms with Gasteiger partial charge in [-0.05, 0) is 70.7 Å². The molecular weight excluding hydrogens is 875 g/mol. The summed E-state index contributed by atoms with van der Waals surface area (Å²) in [4.78, 5) is 18.1. The van der Waals surface area contributed by atoms with Crippen molar-refractivity contribution in [3.63, 3.8) is 0 Å². The van der Waals surface area contributed by atoms with E-state index in [0.717, 1.165) is 48.7 Å². The van der Waals surface area contributed by atoms with Crippen molar-refractivity contribution in [2.45, 2.75) is 126 Å². The van der Waals surface area contributed by atoms with E-state index >= 15 is 0 Å². The second kappa shape index (κ2) is 18.8. The molecule has 1 N–H and O–H groups in total. The van der Waals surface area contributed by atoms with E-state index in [4.69, 9.17) is 4.98 Å². The maximum atomic E-state index is 11.7. The molecule has 2 aromatic heterocycles. The first kappa shape index (κ1) is 45.5. The zero-order valence-corrected chi connectivity index (χ0v) is 39.4. The van der Waals surface area contributed by atoms with Crippen LogP contribution in [0.2, 0.25) is 19.6 Å². The molecule has 0 spiro atoms. The molecule has 54 heavy (non-hydrogen) atoms. The van der Waals surface area contributed by atoms with Crippen molar-refractivity contribution < 1.29 is 30.0 Å². The number of aromatic nitrogens is 1. The summed E-state index contributed by atoms with van der Waals surface area (Å²) in [6, 6.07) is 26.3. The van der Waals surface area contributed by atoms with E-state index < -0.39 is 8.07 Å². The summed E-state index contributed by atoms with van der Waals surface area (Å²) in [6.07, 6.45) is 8.00. The number of thiophene rings is 1. The summed E-state index contributed by atoms with van der Waals surface area (Å²) < 4.78 is 1.28. The van der Waals surface area contributed by atoms with Crippen molar-refractivity contribution >= 4 is 51.2 Å². The Morgan fingerprint density at radius 1 is 0.852 bits per heavy atom. The third kappa shape index (κ3) is 11.1. The van der Waals surface area contributed by atoms with Crippen molar-refractivity contribution in [2.24, 2.45) is 17.3 Å². The molecule has 0 bridgehead atoms. The number of hydrogen-bond acceptors (Lipinski definition) is 4. The van der Waals surface area contributed by atoms with Gasteiger partial charge in [0.25, 0.3) is 0 Å². The minimum atomic E-state index is -1.66. The summed E-state index contributed by atoms with van der Waals surface area (Å²) in [5.41, 5.74) is 6.53. The van der Waals surface area contributed by atoms with Crippen LogP contribution in [0.3, 0.4) is 0 Å². The van der Waals surface area contributed by atoms with E-state index in [-0.39, 0.29) is 54.3 Å². The van der Waals surface area contributed by atoms with Crippen LogP contribution < -0.4 is 5.19 Å². The molecule has 3 nitrogen and oxygen atoms in total. The van der Waals surface area contributed by atoms with E-state index in [2.05, 4.69) is 128 Å². The fourth-order valence-corrected chi connectivity index (χ4v) is 11.5. The second-order valence-electron chi connectivity index (χ2n) is 17.9. The number of aliphatic hydroxyl groups excluding tert-OH is 1. The smallest absolute Gasteiger partial charge is 0.162 e. The molecule has 0 fully saturated rings. The monoisotopic (exact) mass is 939 g/mol. The SMILES string of the molecule is CC(C)(C)Cc1ccc(-c2sc3c(-c4[c-]c5ccccc5c(C(C)(C)C)c4)nccc3c2[Si](C)(C)C)cc1.CCC(CC)C(=O)/C=C(\O)C(CC)CC.[Ir]. The number of nitrogens with zero attached hydrogens (tertiary/aromatic N) is 1. The van der Waals surface area contributed by atoms with Gasteiger partial charge in [-0.25, -0.2) is 0 Å². The zero-order chi connectivity index (χ0) is 39.3. The molecule has 0 aliphatic carbocycles. The van der Waals surface area contributed by atoms with Crippen LogP contribution in [-0.4, -0.2) is 23.9 Å². The maximum Gasteiger partial charge on any atom is 0.162 e. The Morgan fingerprint density at radius 3 is 1.98 bits per heavy atom. The zero-order valence-electron chi connectivity index (χ0n) is 35.2. The molecule has 293 valence electrons. The summed E-state index contributed by atoms with van der Waals surface area (Å²) in [7, 11) is -1.66. The Labute approximate surface area is 345 Å². The van der Waals surface area contributed by atoms with Crippen LogP contribution in [0.5, 0.6) is 0 Å². The molecule has 0 aliphatic rings. The van der Waals surface area contributed by atoms with E-state index in [1.807, 2.05) is 45.2 Å². The van der Waals surface area contributed by atoms with Crippen LogP contribution in [0.15, 0.2) is 78.7 Å². The molecule has 0 atom stereocenters. The van der Waals surface area contributed by atoms with Crippen LogP contribution in [0.1, 0.15) is 106 Å². The first-order valence-electron chi connectivity index (χ1n) is 19.7. The Bertz CT molecular complexity index is 2030. The van der Waals surface area contributed by atoms with Gasteiger partial charge < -0.3 is 5.11 Å². The standard InChI is InChI=1S/C35H40NSSi.C13H24O2.Ir/c1-34(2,3)22-23-14-16-24(17-15-23)31-33(38(7,8)9)28-18-19-36-30(32(28)37-31)26-20-25-12-10-11-13-27(25)29(21-26)35(4,5)6;1-5-10(6-2)12(14)9-13(15)11(7-3)8-4;/h10-19,21H,22H2,1-9H3;9-11,14H,5-8H2,1-4H3;/q-1;;/b;12-9-;. The van der Waals surface area contributed by atoms with Gasteiger partial charge in [-0.3, -0.25) is 9.78 Å². The minimum Gasteiger partial charge on any atom is -0.512 e. The molecule has 0 saturated carbocycles. The van der Waals surface area contributed by atoms with E-state index in [0.29, 0.717) is 0 Å². The number of rotatable bonds is 11. The predicted octanol–water partition coefficient (Wildman–Crippen LogP) is 13.9. The number of carbonyl (C=O) groups excluding carboxylic acids is 1. The number of aliphatic hydroxyl groups is 1. The van der Waals surface area contributed by atoms with Gasteiger partial charge >= 0.3 is 0 Å². The van der Waals surface area contributed by atoms with E-state index in [1.165, 1.54) is 43.1 Å². The fourth-order valence-electron chi connectivity index (χ4n) is 7.31. The molecule has 0 amide bonds. The van der Waals surface area contributed by atoms with Crippen LogP contribution >= 0.6 is 11.3 Å². The number of benzene rings is 3. The quantitative estimate of drug-likeness (QED) is 0.0621.